The molecule has 5 heteroatoms. The number of likely N-dealkylation sites (tertiary alicyclic amines) is 1. The molecular formula is C27H37N3O2. The van der Waals surface area contributed by atoms with Crippen molar-refractivity contribution < 1.29 is 9.90 Å². The van der Waals surface area contributed by atoms with E-state index in [4.69, 9.17) is 0 Å². The van der Waals surface area contributed by atoms with Gasteiger partial charge in [-0.1, -0.05) is 25.1 Å². The second kappa shape index (κ2) is 11.2. The molecule has 0 unspecified atom stereocenters. The molecule has 172 valence electrons. The summed E-state index contributed by atoms with van der Waals surface area (Å²) in [7, 11) is 0. The summed E-state index contributed by atoms with van der Waals surface area (Å²) in [6.07, 6.45) is 5.36. The first kappa shape index (κ1) is 23.9. The Labute approximate surface area is 193 Å². The molecule has 0 aromatic heterocycles. The summed E-state index contributed by atoms with van der Waals surface area (Å²) in [6, 6.07) is 15.7. The molecule has 2 atom stereocenters. The first-order valence-corrected chi connectivity index (χ1v) is 11.8. The van der Waals surface area contributed by atoms with E-state index < -0.39 is 0 Å². The number of hydrogen-bond acceptors (Lipinski definition) is 4. The lowest BCUT2D eigenvalue weighted by Crippen LogP contribution is -2.48. The lowest BCUT2D eigenvalue weighted by Gasteiger charge is -2.43. The van der Waals surface area contributed by atoms with E-state index in [1.807, 2.05) is 61.2 Å². The number of rotatable bonds is 8. The number of phenolic OH excluding ortho intramolecular Hbond substituents is 1. The van der Waals surface area contributed by atoms with E-state index in [9.17, 15) is 9.90 Å². The van der Waals surface area contributed by atoms with Crippen molar-refractivity contribution in [2.45, 2.75) is 40.2 Å². The minimum absolute atomic E-state index is 0.0658. The van der Waals surface area contributed by atoms with Crippen LogP contribution in [0.4, 0.5) is 11.4 Å². The molecule has 32 heavy (non-hydrogen) atoms. The van der Waals surface area contributed by atoms with Crippen LogP contribution in [0.2, 0.25) is 0 Å². The monoisotopic (exact) mass is 435 g/mol. The average molecular weight is 436 g/mol. The average Bonchev–Trinajstić information content (AvgIpc) is 2.80. The number of carbonyl (C=O) groups is 1. The quantitative estimate of drug-likeness (QED) is 0.572. The summed E-state index contributed by atoms with van der Waals surface area (Å²) in [5.41, 5.74) is 2.74. The maximum atomic E-state index is 12.7. The molecule has 5 nitrogen and oxygen atoms in total. The Hall–Kier alpha value is -2.79. The second-order valence-corrected chi connectivity index (χ2v) is 8.58. The van der Waals surface area contributed by atoms with Crippen LogP contribution in [0.1, 0.15) is 44.5 Å². The summed E-state index contributed by atoms with van der Waals surface area (Å²) in [5, 5.41) is 10.2. The van der Waals surface area contributed by atoms with Crippen LogP contribution in [0.15, 0.2) is 60.7 Å². The van der Waals surface area contributed by atoms with Crippen molar-refractivity contribution in [3.8, 4) is 5.75 Å². The van der Waals surface area contributed by atoms with Crippen LogP contribution < -0.4 is 4.90 Å². The van der Waals surface area contributed by atoms with Gasteiger partial charge in [0.2, 0.25) is 0 Å². The Balaban J connectivity index is 1.90. The van der Waals surface area contributed by atoms with Crippen molar-refractivity contribution in [3.05, 3.63) is 66.2 Å². The van der Waals surface area contributed by atoms with E-state index in [1.165, 1.54) is 0 Å². The first-order valence-electron chi connectivity index (χ1n) is 11.8. The fraction of sp³-hybridized carbons (Fsp3) is 0.444. The summed E-state index contributed by atoms with van der Waals surface area (Å²) in [4.78, 5) is 19.4. The van der Waals surface area contributed by atoms with Crippen LogP contribution >= 0.6 is 0 Å². The molecule has 2 aromatic carbocycles. The summed E-state index contributed by atoms with van der Waals surface area (Å²) in [6.45, 7) is 12.8. The molecular weight excluding hydrogens is 398 g/mol. The van der Waals surface area contributed by atoms with Crippen molar-refractivity contribution in [2.24, 2.45) is 5.92 Å². The van der Waals surface area contributed by atoms with Gasteiger partial charge in [0.1, 0.15) is 5.75 Å². The van der Waals surface area contributed by atoms with Gasteiger partial charge in [-0.15, -0.1) is 0 Å². The number of amides is 1. The van der Waals surface area contributed by atoms with Gasteiger partial charge in [0.05, 0.1) is 0 Å². The van der Waals surface area contributed by atoms with E-state index in [-0.39, 0.29) is 11.7 Å². The highest BCUT2D eigenvalue weighted by molar-refractivity contribution is 5.94. The largest absolute Gasteiger partial charge is 0.508 e. The molecule has 0 spiro atoms. The number of carbonyl (C=O) groups excluding carboxylic acids is 1. The number of piperidine rings is 1. The zero-order chi connectivity index (χ0) is 23.1. The zero-order valence-corrected chi connectivity index (χ0v) is 19.9. The van der Waals surface area contributed by atoms with Crippen LogP contribution in [0.3, 0.4) is 0 Å². The summed E-state index contributed by atoms with van der Waals surface area (Å²) >= 11 is 0. The van der Waals surface area contributed by atoms with E-state index in [0.717, 1.165) is 37.4 Å². The van der Waals surface area contributed by atoms with Crippen molar-refractivity contribution in [1.82, 2.24) is 9.80 Å². The van der Waals surface area contributed by atoms with Crippen molar-refractivity contribution in [2.75, 3.05) is 37.6 Å². The van der Waals surface area contributed by atoms with Gasteiger partial charge in [0.15, 0.2) is 0 Å². The minimum atomic E-state index is 0.0658. The number of aromatic hydroxyl groups is 1. The summed E-state index contributed by atoms with van der Waals surface area (Å²) < 4.78 is 0. The predicted octanol–water partition coefficient (Wildman–Crippen LogP) is 5.30. The van der Waals surface area contributed by atoms with Crippen molar-refractivity contribution in [1.29, 1.82) is 0 Å². The third-order valence-electron chi connectivity index (χ3n) is 6.43. The Bertz CT molecular complexity index is 905. The van der Waals surface area contributed by atoms with Gasteiger partial charge in [0, 0.05) is 61.8 Å². The first-order chi connectivity index (χ1) is 15.5. The lowest BCUT2D eigenvalue weighted by atomic mass is 9.91. The molecule has 1 saturated heterocycles. The highest BCUT2D eigenvalue weighted by atomic mass is 16.3. The number of allylic oxidation sites excluding steroid dienone is 1. The van der Waals surface area contributed by atoms with Crippen molar-refractivity contribution in [3.63, 3.8) is 0 Å². The predicted molar refractivity (Wildman–Crippen MR) is 133 cm³/mol. The van der Waals surface area contributed by atoms with Gasteiger partial charge in [-0.25, -0.2) is 0 Å². The van der Waals surface area contributed by atoms with Crippen LogP contribution in [-0.4, -0.2) is 59.6 Å². The zero-order valence-electron chi connectivity index (χ0n) is 19.9. The molecule has 3 rings (SSSR count). The number of hydrogen-bond donors (Lipinski definition) is 1. The van der Waals surface area contributed by atoms with E-state index in [0.29, 0.717) is 30.6 Å². The fourth-order valence-electron chi connectivity index (χ4n) is 4.66. The molecule has 1 heterocycles. The fourth-order valence-corrected chi connectivity index (χ4v) is 4.66. The molecule has 0 aliphatic carbocycles. The third-order valence-corrected chi connectivity index (χ3v) is 6.43. The van der Waals surface area contributed by atoms with E-state index in [1.54, 1.807) is 6.07 Å². The molecule has 1 aliphatic rings. The van der Waals surface area contributed by atoms with E-state index in [2.05, 4.69) is 35.8 Å². The van der Waals surface area contributed by atoms with Crippen LogP contribution in [0.25, 0.3) is 0 Å². The molecule has 0 saturated carbocycles. The highest BCUT2D eigenvalue weighted by Crippen LogP contribution is 2.35. The van der Waals surface area contributed by atoms with Crippen LogP contribution in [0, 0.1) is 5.92 Å². The van der Waals surface area contributed by atoms with Crippen LogP contribution in [0.5, 0.6) is 5.75 Å². The van der Waals surface area contributed by atoms with Crippen LogP contribution in [-0.2, 0) is 0 Å². The van der Waals surface area contributed by atoms with Gasteiger partial charge in [-0.3, -0.25) is 9.69 Å². The molecule has 1 amide bonds. The second-order valence-electron chi connectivity index (χ2n) is 8.58. The van der Waals surface area contributed by atoms with Gasteiger partial charge in [0.25, 0.3) is 5.91 Å². The normalized spacial score (nSPS) is 19.2. The highest BCUT2D eigenvalue weighted by Gasteiger charge is 2.31. The third kappa shape index (κ3) is 5.52. The molecule has 0 bridgehead atoms. The molecule has 1 N–H and O–H groups in total. The maximum absolute atomic E-state index is 12.7. The maximum Gasteiger partial charge on any atom is 0.253 e. The Morgan fingerprint density at radius 1 is 1.12 bits per heavy atom. The molecule has 2 aromatic rings. The number of nitrogens with zero attached hydrogens (tertiary/aromatic N) is 3. The number of benzene rings is 2. The van der Waals surface area contributed by atoms with Crippen molar-refractivity contribution >= 4 is 17.3 Å². The minimum Gasteiger partial charge on any atom is -0.508 e. The lowest BCUT2D eigenvalue weighted by molar-refractivity contribution is 0.0773. The molecule has 1 aliphatic heterocycles. The molecule has 1 fully saturated rings. The standard InChI is InChI=1S/C27H37N3O2/c1-5-8-17-28-18-16-26(21(4)20-28)30(24-10-9-11-25(31)19-24)23-14-12-22(13-15-23)27(32)29(6-2)7-3/h5,8-15,19,21,26,31H,6-7,16-18,20H2,1-4H3/b8-5+/t21-,26+/m1/s1. The topological polar surface area (TPSA) is 47.0 Å². The van der Waals surface area contributed by atoms with Gasteiger partial charge >= 0.3 is 0 Å². The van der Waals surface area contributed by atoms with Gasteiger partial charge < -0.3 is 14.9 Å². The molecule has 0 radical (unpaired) electrons. The Kier molecular flexibility index (Phi) is 8.34. The smallest absolute Gasteiger partial charge is 0.253 e. The van der Waals surface area contributed by atoms with Gasteiger partial charge in [-0.05, 0) is 69.5 Å². The van der Waals surface area contributed by atoms with E-state index >= 15 is 0 Å². The SMILES string of the molecule is C/C=C/CN1CC[C@H](N(c2ccc(C(=O)N(CC)CC)cc2)c2cccc(O)c2)[C@H](C)C1. The Morgan fingerprint density at radius 2 is 1.84 bits per heavy atom. The summed E-state index contributed by atoms with van der Waals surface area (Å²) in [5.74, 6) is 0.781. The van der Waals surface area contributed by atoms with Gasteiger partial charge in [-0.2, -0.15) is 0 Å². The number of anilines is 2. The number of phenols is 1. The Morgan fingerprint density at radius 3 is 2.44 bits per heavy atom.